The van der Waals surface area contributed by atoms with E-state index in [0.29, 0.717) is 19.4 Å². The smallest absolute Gasteiger partial charge is 0.243 e. The molecule has 1 fully saturated rings. The highest BCUT2D eigenvalue weighted by Crippen LogP contribution is 2.21. The van der Waals surface area contributed by atoms with Gasteiger partial charge in [0.2, 0.25) is 17.7 Å². The summed E-state index contributed by atoms with van der Waals surface area (Å²) < 4.78 is 5.39. The largest absolute Gasteiger partial charge is 0.379 e. The second-order valence-electron chi connectivity index (χ2n) is 10.4. The lowest BCUT2D eigenvalue weighted by Crippen LogP contribution is -2.50. The Morgan fingerprint density at radius 3 is 2.64 bits per heavy atom. The molecule has 1 aromatic heterocycles. The van der Waals surface area contributed by atoms with Crippen LogP contribution in [0.3, 0.4) is 0 Å². The van der Waals surface area contributed by atoms with E-state index in [1.54, 1.807) is 17.2 Å². The normalized spacial score (nSPS) is 15.7. The number of hydrogen-bond acceptors (Lipinski definition) is 7. The Morgan fingerprint density at radius 2 is 1.90 bits per heavy atom. The maximum atomic E-state index is 13.3. The third-order valence-corrected chi connectivity index (χ3v) is 7.87. The molecule has 2 atom stereocenters. The maximum absolute atomic E-state index is 13.3. The molecule has 1 aliphatic rings. The van der Waals surface area contributed by atoms with E-state index in [9.17, 15) is 14.4 Å². The molecule has 3 rings (SSSR count). The number of para-hydroxylation sites is 1. The van der Waals surface area contributed by atoms with Crippen molar-refractivity contribution in [3.05, 3.63) is 36.0 Å². The van der Waals surface area contributed by atoms with Crippen molar-refractivity contribution < 1.29 is 24.3 Å². The van der Waals surface area contributed by atoms with Gasteiger partial charge in [-0.25, -0.2) is 5.48 Å². The number of hydrogen-bond donors (Lipinski definition) is 5. The molecule has 3 amide bonds. The van der Waals surface area contributed by atoms with Crippen LogP contribution >= 0.6 is 11.8 Å². The summed E-state index contributed by atoms with van der Waals surface area (Å²) in [7, 11) is 0. The molecule has 5 N–H and O–H groups in total. The van der Waals surface area contributed by atoms with Gasteiger partial charge in [-0.1, -0.05) is 32.0 Å². The second kappa shape index (κ2) is 16.5. The Balaban J connectivity index is 1.60. The van der Waals surface area contributed by atoms with Gasteiger partial charge in [0.25, 0.3) is 0 Å². The summed E-state index contributed by atoms with van der Waals surface area (Å²) in [6.07, 6.45) is 3.12. The average molecular weight is 562 g/mol. The van der Waals surface area contributed by atoms with Gasteiger partial charge in [-0.15, -0.1) is 0 Å². The third-order valence-electron chi connectivity index (χ3n) is 6.90. The SMILES string of the molecule is CC(C)C[C@@H](CCC(=O)NO)C(=O)N[C@@H](Cc1c[nH]c2ccccc12)C(=O)NCCSCCN1CCOCC1. The standard InChI is InChI=1S/C28H43N5O5S/c1-20(2)17-21(7-8-26(34)32-37)27(35)31-25(18-22-19-30-24-6-4-3-5-23(22)24)28(36)29-9-15-39-16-12-33-10-13-38-14-11-33/h3-6,19-21,25,30,37H,7-18H2,1-2H3,(H,29,36)(H,31,35)(H,32,34)/t21-,25+/m1/s1. The molecular weight excluding hydrogens is 518 g/mol. The molecule has 0 spiro atoms. The predicted molar refractivity (Wildman–Crippen MR) is 154 cm³/mol. The number of benzene rings is 1. The van der Waals surface area contributed by atoms with Gasteiger partial charge in [0, 0.05) is 73.5 Å². The van der Waals surface area contributed by atoms with E-state index in [4.69, 9.17) is 9.94 Å². The molecule has 0 unspecified atom stereocenters. The minimum Gasteiger partial charge on any atom is -0.379 e. The third kappa shape index (κ3) is 10.5. The van der Waals surface area contributed by atoms with Gasteiger partial charge in [-0.05, 0) is 30.4 Å². The van der Waals surface area contributed by atoms with E-state index in [1.807, 2.05) is 44.3 Å². The number of aromatic amines is 1. The molecule has 2 heterocycles. The zero-order valence-electron chi connectivity index (χ0n) is 23.0. The van der Waals surface area contributed by atoms with Crippen LogP contribution in [0.4, 0.5) is 0 Å². The van der Waals surface area contributed by atoms with E-state index >= 15 is 0 Å². The first kappa shape index (κ1) is 30.9. The Bertz CT molecular complexity index is 1060. The highest BCUT2D eigenvalue weighted by molar-refractivity contribution is 7.99. The molecule has 1 aromatic carbocycles. The maximum Gasteiger partial charge on any atom is 0.243 e. The van der Waals surface area contributed by atoms with Crippen LogP contribution in [0.5, 0.6) is 0 Å². The van der Waals surface area contributed by atoms with Crippen molar-refractivity contribution in [1.82, 2.24) is 26.0 Å². The molecule has 10 nitrogen and oxygen atoms in total. The number of nitrogens with one attached hydrogen (secondary N) is 4. The fourth-order valence-corrected chi connectivity index (χ4v) is 5.63. The van der Waals surface area contributed by atoms with Crippen molar-refractivity contribution in [3.63, 3.8) is 0 Å². The molecule has 216 valence electrons. The van der Waals surface area contributed by atoms with Crippen LogP contribution in [0.2, 0.25) is 0 Å². The van der Waals surface area contributed by atoms with Crippen molar-refractivity contribution in [2.75, 3.05) is 50.9 Å². The number of nitrogens with zero attached hydrogens (tertiary/aromatic N) is 1. The first-order valence-corrected chi connectivity index (χ1v) is 15.0. The number of amides is 3. The van der Waals surface area contributed by atoms with E-state index in [2.05, 4.69) is 20.5 Å². The molecule has 0 aliphatic carbocycles. The van der Waals surface area contributed by atoms with Crippen molar-refractivity contribution in [3.8, 4) is 0 Å². The zero-order chi connectivity index (χ0) is 28.0. The molecule has 2 aromatic rings. The van der Waals surface area contributed by atoms with E-state index in [0.717, 1.165) is 60.8 Å². The monoisotopic (exact) mass is 561 g/mol. The Hall–Kier alpha value is -2.60. The Kier molecular flexibility index (Phi) is 13.1. The van der Waals surface area contributed by atoms with Crippen LogP contribution in [0, 0.1) is 11.8 Å². The van der Waals surface area contributed by atoms with Crippen molar-refractivity contribution >= 4 is 40.4 Å². The number of carbonyl (C=O) groups excluding carboxylic acids is 3. The number of fused-ring (bicyclic) bond motifs is 1. The van der Waals surface area contributed by atoms with Crippen LogP contribution in [-0.2, 0) is 25.5 Å². The number of ether oxygens (including phenoxy) is 1. The fraction of sp³-hybridized carbons (Fsp3) is 0.607. The van der Waals surface area contributed by atoms with Gasteiger partial charge in [0.05, 0.1) is 13.2 Å². The lowest BCUT2D eigenvalue weighted by molar-refractivity contribution is -0.133. The molecule has 39 heavy (non-hydrogen) atoms. The van der Waals surface area contributed by atoms with E-state index in [1.165, 1.54) is 0 Å². The highest BCUT2D eigenvalue weighted by atomic mass is 32.2. The zero-order valence-corrected chi connectivity index (χ0v) is 23.9. The predicted octanol–water partition coefficient (Wildman–Crippen LogP) is 2.32. The average Bonchev–Trinajstić information content (AvgIpc) is 3.35. The minimum atomic E-state index is -0.753. The van der Waals surface area contributed by atoms with Gasteiger partial charge in [0.15, 0.2) is 0 Å². The quantitative estimate of drug-likeness (QED) is 0.121. The summed E-state index contributed by atoms with van der Waals surface area (Å²) in [4.78, 5) is 43.9. The molecule has 1 saturated heterocycles. The van der Waals surface area contributed by atoms with Gasteiger partial charge in [-0.2, -0.15) is 11.8 Å². The number of thioether (sulfide) groups is 1. The van der Waals surface area contributed by atoms with Crippen LogP contribution in [0.15, 0.2) is 30.5 Å². The van der Waals surface area contributed by atoms with Crippen molar-refractivity contribution in [2.24, 2.45) is 11.8 Å². The van der Waals surface area contributed by atoms with Crippen molar-refractivity contribution in [1.29, 1.82) is 0 Å². The lowest BCUT2D eigenvalue weighted by atomic mass is 9.91. The van der Waals surface area contributed by atoms with Crippen LogP contribution in [0.1, 0.15) is 38.7 Å². The van der Waals surface area contributed by atoms with E-state index in [-0.39, 0.29) is 30.6 Å². The molecule has 1 aliphatic heterocycles. The second-order valence-corrected chi connectivity index (χ2v) is 11.6. The summed E-state index contributed by atoms with van der Waals surface area (Å²) in [6, 6.07) is 7.12. The number of aromatic nitrogens is 1. The minimum absolute atomic E-state index is 0.0301. The molecule has 11 heteroatoms. The van der Waals surface area contributed by atoms with Gasteiger partial charge in [0.1, 0.15) is 6.04 Å². The van der Waals surface area contributed by atoms with Gasteiger partial charge in [-0.3, -0.25) is 24.5 Å². The van der Waals surface area contributed by atoms with Crippen LogP contribution in [-0.4, -0.2) is 89.8 Å². The number of H-pyrrole nitrogens is 1. The van der Waals surface area contributed by atoms with Crippen LogP contribution < -0.4 is 16.1 Å². The first-order valence-electron chi connectivity index (χ1n) is 13.8. The first-order chi connectivity index (χ1) is 18.9. The van der Waals surface area contributed by atoms with E-state index < -0.39 is 17.9 Å². The van der Waals surface area contributed by atoms with Gasteiger partial charge >= 0.3 is 0 Å². The molecular formula is C28H43N5O5S. The Morgan fingerprint density at radius 1 is 1.13 bits per heavy atom. The summed E-state index contributed by atoms with van der Waals surface area (Å²) in [5, 5.41) is 15.9. The molecule has 0 bridgehead atoms. The topological polar surface area (TPSA) is 136 Å². The molecule has 0 radical (unpaired) electrons. The lowest BCUT2D eigenvalue weighted by Gasteiger charge is -2.26. The highest BCUT2D eigenvalue weighted by Gasteiger charge is 2.27. The summed E-state index contributed by atoms with van der Waals surface area (Å²) >= 11 is 1.80. The van der Waals surface area contributed by atoms with Gasteiger partial charge < -0.3 is 20.4 Å². The number of rotatable bonds is 16. The summed E-state index contributed by atoms with van der Waals surface area (Å²) in [6.45, 7) is 9.06. The summed E-state index contributed by atoms with van der Waals surface area (Å²) in [5.74, 6) is 0.549. The summed E-state index contributed by atoms with van der Waals surface area (Å²) in [5.41, 5.74) is 3.55. The number of hydroxylamine groups is 1. The molecule has 0 saturated carbocycles. The number of morpholine rings is 1. The fourth-order valence-electron chi connectivity index (χ4n) is 4.80. The Labute approximate surface area is 234 Å². The number of carbonyl (C=O) groups is 3. The van der Waals surface area contributed by atoms with Crippen molar-refractivity contribution in [2.45, 2.75) is 45.6 Å². The van der Waals surface area contributed by atoms with Crippen LogP contribution in [0.25, 0.3) is 10.9 Å².